The Morgan fingerprint density at radius 1 is 0.507 bits per heavy atom. The smallest absolute Gasteiger partial charge is 0.268 e. The average Bonchev–Trinajstić information content (AvgIpc) is 3.29. The topological polar surface area (TPSA) is 108 Å². The van der Waals surface area contributed by atoms with E-state index < -0.39 is 26.6 Å². The Bertz CT molecular complexity index is 1230. The summed E-state index contributed by atoms with van der Waals surface area (Å²) in [7, 11) is 1.24. The second-order valence-corrected chi connectivity index (χ2v) is 22.0. The number of hydrogen-bond donors (Lipinski definition) is 2. The van der Waals surface area contributed by atoms with Crippen molar-refractivity contribution in [3.8, 4) is 0 Å². The van der Waals surface area contributed by atoms with Crippen molar-refractivity contribution in [2.45, 2.75) is 276 Å². The number of phosphoric acid groups is 1. The number of carbonyl (C=O) groups is 1. The van der Waals surface area contributed by atoms with Crippen molar-refractivity contribution in [2.75, 3.05) is 40.9 Å². The summed E-state index contributed by atoms with van der Waals surface area (Å²) < 4.78 is 23.3. The van der Waals surface area contributed by atoms with Gasteiger partial charge in [-0.25, -0.2) is 0 Å². The van der Waals surface area contributed by atoms with Gasteiger partial charge in [0.15, 0.2) is 0 Å². The Hall–Kier alpha value is -1.54. The quantitative estimate of drug-likeness (QED) is 0.0272. The molecule has 0 aliphatic rings. The van der Waals surface area contributed by atoms with Gasteiger partial charge in [0.2, 0.25) is 5.91 Å². The van der Waals surface area contributed by atoms with E-state index in [-0.39, 0.29) is 12.5 Å². The summed E-state index contributed by atoms with van der Waals surface area (Å²) in [6.45, 7) is 4.64. The molecule has 0 rings (SSSR count). The molecule has 0 aromatic rings. The van der Waals surface area contributed by atoms with Crippen molar-refractivity contribution in [1.29, 1.82) is 0 Å². The van der Waals surface area contributed by atoms with Crippen LogP contribution in [0.4, 0.5) is 0 Å². The molecule has 3 unspecified atom stereocenters. The molecule has 0 heterocycles. The Labute approximate surface area is 416 Å². The number of nitrogens with one attached hydrogen (secondary N) is 1. The zero-order valence-corrected chi connectivity index (χ0v) is 45.7. The van der Waals surface area contributed by atoms with E-state index in [9.17, 15) is 19.4 Å². The highest BCUT2D eigenvalue weighted by Gasteiger charge is 2.23. The number of amides is 1. The van der Waals surface area contributed by atoms with Crippen LogP contribution >= 0.6 is 7.82 Å². The van der Waals surface area contributed by atoms with Crippen molar-refractivity contribution in [1.82, 2.24) is 5.32 Å². The van der Waals surface area contributed by atoms with Gasteiger partial charge < -0.3 is 28.8 Å². The fourth-order valence-corrected chi connectivity index (χ4v) is 8.96. The number of rotatable bonds is 52. The molecule has 0 bridgehead atoms. The number of nitrogens with zero attached hydrogens (tertiary/aromatic N) is 1. The predicted molar refractivity (Wildman–Crippen MR) is 288 cm³/mol. The molecule has 0 saturated heterocycles. The summed E-state index contributed by atoms with van der Waals surface area (Å²) in [6.07, 6.45) is 64.7. The highest BCUT2D eigenvalue weighted by molar-refractivity contribution is 7.45. The minimum atomic E-state index is -4.61. The van der Waals surface area contributed by atoms with E-state index in [1.165, 1.54) is 199 Å². The van der Waals surface area contributed by atoms with Gasteiger partial charge in [-0.1, -0.05) is 236 Å². The maximum absolute atomic E-state index is 12.9. The third kappa shape index (κ3) is 52.1. The van der Waals surface area contributed by atoms with E-state index in [0.29, 0.717) is 17.4 Å². The molecule has 0 aromatic carbocycles. The molecular formula is C58H111N2O6P. The molecule has 1 amide bonds. The summed E-state index contributed by atoms with van der Waals surface area (Å²) in [5, 5.41) is 13.9. The minimum absolute atomic E-state index is 0.00975. The molecule has 8 nitrogen and oxygen atoms in total. The van der Waals surface area contributed by atoms with Crippen LogP contribution < -0.4 is 10.2 Å². The van der Waals surface area contributed by atoms with Gasteiger partial charge in [-0.05, 0) is 70.6 Å². The lowest BCUT2D eigenvalue weighted by molar-refractivity contribution is -0.870. The summed E-state index contributed by atoms with van der Waals surface area (Å²) in [4.78, 5) is 25.5. The van der Waals surface area contributed by atoms with Crippen LogP contribution in [0.15, 0.2) is 48.6 Å². The fourth-order valence-electron chi connectivity index (χ4n) is 8.24. The summed E-state index contributed by atoms with van der Waals surface area (Å²) in [6, 6.07) is -0.912. The lowest BCUT2D eigenvalue weighted by Crippen LogP contribution is -2.45. The first kappa shape index (κ1) is 65.5. The molecule has 9 heteroatoms. The van der Waals surface area contributed by atoms with E-state index in [0.717, 1.165) is 44.9 Å². The molecule has 2 N–H and O–H groups in total. The maximum Gasteiger partial charge on any atom is 0.268 e. The number of likely N-dealkylation sites (N-methyl/N-ethyl adjacent to an activating group) is 1. The third-order valence-electron chi connectivity index (χ3n) is 12.7. The third-order valence-corrected chi connectivity index (χ3v) is 13.7. The van der Waals surface area contributed by atoms with Crippen molar-refractivity contribution < 1.29 is 32.9 Å². The molecule has 394 valence electrons. The van der Waals surface area contributed by atoms with E-state index in [4.69, 9.17) is 9.05 Å². The molecule has 0 saturated carbocycles. The van der Waals surface area contributed by atoms with Gasteiger partial charge in [-0.2, -0.15) is 0 Å². The van der Waals surface area contributed by atoms with Crippen LogP contribution in [-0.4, -0.2) is 68.5 Å². The Kier molecular flexibility index (Phi) is 48.3. The first-order valence-electron chi connectivity index (χ1n) is 28.5. The molecule has 0 spiro atoms. The molecular weight excluding hydrogens is 852 g/mol. The number of unbranched alkanes of at least 4 members (excludes halogenated alkanes) is 33. The fraction of sp³-hybridized carbons (Fsp3) is 0.845. The van der Waals surface area contributed by atoms with Gasteiger partial charge in [0.1, 0.15) is 13.2 Å². The van der Waals surface area contributed by atoms with E-state index >= 15 is 0 Å². The number of aliphatic hydroxyl groups excluding tert-OH is 1. The average molecular weight is 964 g/mol. The SMILES string of the molecule is CCCCCCCCCC/C=C\CCCCCCCCCCCC(=O)NC(COP(=O)([O-])OCC[N+](C)(C)C)C(O)/C=C/CC/C=C/CC/C=C/CCCCCCCCCCCCCCCC. The van der Waals surface area contributed by atoms with Crippen LogP contribution in [0.3, 0.4) is 0 Å². The van der Waals surface area contributed by atoms with Gasteiger partial charge in [0.05, 0.1) is 39.9 Å². The number of allylic oxidation sites excluding steroid dienone is 7. The van der Waals surface area contributed by atoms with Gasteiger partial charge in [-0.15, -0.1) is 0 Å². The van der Waals surface area contributed by atoms with Crippen LogP contribution in [0.25, 0.3) is 0 Å². The van der Waals surface area contributed by atoms with Gasteiger partial charge in [0, 0.05) is 6.42 Å². The number of carbonyl (C=O) groups excluding carboxylic acids is 1. The summed E-state index contributed by atoms with van der Waals surface area (Å²) in [5.41, 5.74) is 0. The Balaban J connectivity index is 4.31. The zero-order chi connectivity index (χ0) is 49.2. The highest BCUT2D eigenvalue weighted by Crippen LogP contribution is 2.38. The molecule has 0 fully saturated rings. The monoisotopic (exact) mass is 963 g/mol. The molecule has 0 aliphatic heterocycles. The van der Waals surface area contributed by atoms with Crippen LogP contribution in [-0.2, 0) is 18.4 Å². The second-order valence-electron chi connectivity index (χ2n) is 20.6. The van der Waals surface area contributed by atoms with Crippen molar-refractivity contribution in [3.05, 3.63) is 48.6 Å². The van der Waals surface area contributed by atoms with Crippen molar-refractivity contribution in [3.63, 3.8) is 0 Å². The van der Waals surface area contributed by atoms with Crippen LogP contribution in [0.2, 0.25) is 0 Å². The lowest BCUT2D eigenvalue weighted by Gasteiger charge is -2.29. The number of hydrogen-bond acceptors (Lipinski definition) is 6. The van der Waals surface area contributed by atoms with Gasteiger partial charge in [0.25, 0.3) is 7.82 Å². The largest absolute Gasteiger partial charge is 0.756 e. The number of quaternary nitrogens is 1. The first-order valence-corrected chi connectivity index (χ1v) is 30.0. The van der Waals surface area contributed by atoms with Crippen molar-refractivity contribution >= 4 is 13.7 Å². The molecule has 67 heavy (non-hydrogen) atoms. The van der Waals surface area contributed by atoms with E-state index in [2.05, 4.69) is 55.6 Å². The normalized spacial score (nSPS) is 14.3. The Morgan fingerprint density at radius 2 is 0.836 bits per heavy atom. The predicted octanol–water partition coefficient (Wildman–Crippen LogP) is 16.5. The molecule has 3 atom stereocenters. The van der Waals surface area contributed by atoms with E-state index in [1.54, 1.807) is 6.08 Å². The number of aliphatic hydroxyl groups is 1. The van der Waals surface area contributed by atoms with Gasteiger partial charge in [-0.3, -0.25) is 9.36 Å². The maximum atomic E-state index is 12.9. The number of phosphoric ester groups is 1. The Morgan fingerprint density at radius 3 is 1.21 bits per heavy atom. The standard InChI is InChI=1S/C58H111N2O6P/c1-6-8-10-12-14-16-18-20-22-24-26-28-29-30-32-33-35-37-39-41-43-45-47-49-51-57(61)56(55-66-67(63,64)65-54-53-60(3,4)5)59-58(62)52-50-48-46-44-42-40-38-36-34-31-27-25-23-21-19-17-15-13-11-9-7-2/h25,27,33,35,41,43,49,51,56-57,61H,6-24,26,28-32,34,36-40,42,44-48,50,52-55H2,1-5H3,(H-,59,62,63,64)/b27-25-,35-33+,43-41+,51-49+. The lowest BCUT2D eigenvalue weighted by atomic mass is 10.0. The summed E-state index contributed by atoms with van der Waals surface area (Å²) in [5.74, 6) is -0.212. The van der Waals surface area contributed by atoms with E-state index in [1.807, 2.05) is 27.2 Å². The van der Waals surface area contributed by atoms with Crippen LogP contribution in [0.1, 0.15) is 264 Å². The zero-order valence-electron chi connectivity index (χ0n) is 44.9. The molecule has 0 aromatic heterocycles. The van der Waals surface area contributed by atoms with Gasteiger partial charge >= 0.3 is 0 Å². The van der Waals surface area contributed by atoms with Crippen molar-refractivity contribution in [2.24, 2.45) is 0 Å². The minimum Gasteiger partial charge on any atom is -0.756 e. The molecule has 0 aliphatic carbocycles. The molecule has 0 radical (unpaired) electrons. The highest BCUT2D eigenvalue weighted by atomic mass is 31.2. The summed E-state index contributed by atoms with van der Waals surface area (Å²) >= 11 is 0. The second kappa shape index (κ2) is 49.4. The van der Waals surface area contributed by atoms with Crippen LogP contribution in [0, 0.1) is 0 Å². The first-order chi connectivity index (χ1) is 32.5. The van der Waals surface area contributed by atoms with Crippen LogP contribution in [0.5, 0.6) is 0 Å².